The summed E-state index contributed by atoms with van der Waals surface area (Å²) in [6, 6.07) is 28.9. The number of phenolic OH excluding ortho intramolecular Hbond substituents is 1. The molecule has 0 bridgehead atoms. The first-order valence-corrected chi connectivity index (χ1v) is 12.5. The molecule has 0 aliphatic rings. The van der Waals surface area contributed by atoms with Crippen LogP contribution < -0.4 is 0 Å². The minimum atomic E-state index is -0.0345. The monoisotopic (exact) mass is 456 g/mol. The lowest BCUT2D eigenvalue weighted by molar-refractivity contribution is 0.477. The van der Waals surface area contributed by atoms with Crippen LogP contribution in [0, 0.1) is 0 Å². The Morgan fingerprint density at radius 3 is 1.66 bits per heavy atom. The van der Waals surface area contributed by atoms with Crippen molar-refractivity contribution >= 4 is 53.9 Å². The van der Waals surface area contributed by atoms with Crippen molar-refractivity contribution in [2.45, 2.75) is 52.4 Å². The summed E-state index contributed by atoms with van der Waals surface area (Å²) in [6.07, 6.45) is 0. The summed E-state index contributed by atoms with van der Waals surface area (Å²) in [6.45, 7) is 13.4. The molecule has 1 heteroatoms. The van der Waals surface area contributed by atoms with Crippen molar-refractivity contribution in [2.75, 3.05) is 0 Å². The Morgan fingerprint density at radius 1 is 0.457 bits per heavy atom. The highest BCUT2D eigenvalue weighted by atomic mass is 16.3. The van der Waals surface area contributed by atoms with Gasteiger partial charge in [0.2, 0.25) is 0 Å². The molecule has 0 aliphatic heterocycles. The van der Waals surface area contributed by atoms with Crippen molar-refractivity contribution in [1.82, 2.24) is 0 Å². The number of phenols is 1. The molecule has 1 nitrogen and oxygen atoms in total. The third-order valence-corrected chi connectivity index (χ3v) is 7.50. The molecule has 174 valence electrons. The second kappa shape index (κ2) is 7.21. The molecule has 0 fully saturated rings. The fourth-order valence-electron chi connectivity index (χ4n) is 5.49. The van der Waals surface area contributed by atoms with Crippen molar-refractivity contribution in [3.05, 3.63) is 90.0 Å². The van der Waals surface area contributed by atoms with E-state index in [-0.39, 0.29) is 10.8 Å². The average Bonchev–Trinajstić information content (AvgIpc) is 2.78. The van der Waals surface area contributed by atoms with E-state index in [0.29, 0.717) is 5.75 Å². The van der Waals surface area contributed by atoms with Crippen molar-refractivity contribution in [3.8, 4) is 5.75 Å². The van der Waals surface area contributed by atoms with E-state index in [4.69, 9.17) is 0 Å². The van der Waals surface area contributed by atoms with Gasteiger partial charge in [-0.25, -0.2) is 0 Å². The van der Waals surface area contributed by atoms with Crippen molar-refractivity contribution in [2.24, 2.45) is 0 Å². The molecular formula is C34H32O. The molecule has 0 heterocycles. The Balaban J connectivity index is 1.78. The molecule has 0 saturated heterocycles. The van der Waals surface area contributed by atoms with Gasteiger partial charge in [0, 0.05) is 5.39 Å². The molecule has 35 heavy (non-hydrogen) atoms. The smallest absolute Gasteiger partial charge is 0.123 e. The van der Waals surface area contributed by atoms with Gasteiger partial charge in [0.25, 0.3) is 0 Å². The normalized spacial score (nSPS) is 13.0. The maximum absolute atomic E-state index is 11.0. The Morgan fingerprint density at radius 2 is 1.03 bits per heavy atom. The lowest BCUT2D eigenvalue weighted by atomic mass is 9.80. The summed E-state index contributed by atoms with van der Waals surface area (Å²) >= 11 is 0. The van der Waals surface area contributed by atoms with E-state index in [1.54, 1.807) is 0 Å². The third kappa shape index (κ3) is 3.53. The van der Waals surface area contributed by atoms with Gasteiger partial charge in [0.05, 0.1) is 0 Å². The topological polar surface area (TPSA) is 20.2 Å². The summed E-state index contributed by atoms with van der Waals surface area (Å²) < 4.78 is 0. The van der Waals surface area contributed by atoms with Gasteiger partial charge in [-0.05, 0) is 119 Å². The first-order chi connectivity index (χ1) is 16.5. The highest BCUT2D eigenvalue weighted by molar-refractivity contribution is 6.18. The van der Waals surface area contributed by atoms with Crippen LogP contribution in [0.25, 0.3) is 53.9 Å². The molecule has 0 atom stereocenters. The summed E-state index contributed by atoms with van der Waals surface area (Å²) in [5.74, 6) is 0.360. The van der Waals surface area contributed by atoms with E-state index in [1.165, 1.54) is 48.7 Å². The van der Waals surface area contributed by atoms with Gasteiger partial charge in [-0.15, -0.1) is 0 Å². The zero-order valence-corrected chi connectivity index (χ0v) is 21.5. The average molecular weight is 457 g/mol. The Labute approximate surface area is 207 Å². The lowest BCUT2D eigenvalue weighted by Crippen LogP contribution is -2.12. The minimum absolute atomic E-state index is 0.0283. The zero-order chi connectivity index (χ0) is 24.7. The Hall–Kier alpha value is -3.58. The van der Waals surface area contributed by atoms with Gasteiger partial charge in [0.15, 0.2) is 0 Å². The van der Waals surface area contributed by atoms with Crippen LogP contribution in [-0.4, -0.2) is 5.11 Å². The molecule has 6 rings (SSSR count). The van der Waals surface area contributed by atoms with E-state index >= 15 is 0 Å². The van der Waals surface area contributed by atoms with E-state index in [1.807, 2.05) is 6.07 Å². The lowest BCUT2D eigenvalue weighted by Gasteiger charge is -2.24. The quantitative estimate of drug-likeness (QED) is 0.178. The molecule has 0 aromatic heterocycles. The second-order valence-corrected chi connectivity index (χ2v) is 12.2. The maximum Gasteiger partial charge on any atom is 0.123 e. The van der Waals surface area contributed by atoms with Gasteiger partial charge in [-0.2, -0.15) is 0 Å². The van der Waals surface area contributed by atoms with Crippen LogP contribution >= 0.6 is 0 Å². The molecule has 0 aliphatic carbocycles. The highest BCUT2D eigenvalue weighted by Gasteiger charge is 2.21. The van der Waals surface area contributed by atoms with Crippen LogP contribution in [0.3, 0.4) is 0 Å². The van der Waals surface area contributed by atoms with Crippen molar-refractivity contribution in [3.63, 3.8) is 0 Å². The second-order valence-electron chi connectivity index (χ2n) is 12.2. The van der Waals surface area contributed by atoms with Gasteiger partial charge in [-0.1, -0.05) is 71.9 Å². The van der Waals surface area contributed by atoms with Crippen LogP contribution in [0.15, 0.2) is 78.9 Å². The SMILES string of the molecule is CC(C)(C)c1cc(O)c2cc3c(C(C)(C)C)cc4cc5cc6ccccc6cc5cc4c3cc2c1. The van der Waals surface area contributed by atoms with Crippen LogP contribution in [-0.2, 0) is 10.8 Å². The Bertz CT molecular complexity index is 1810. The summed E-state index contributed by atoms with van der Waals surface area (Å²) in [5, 5.41) is 23.1. The molecule has 1 N–H and O–H groups in total. The first kappa shape index (κ1) is 21.9. The predicted molar refractivity (Wildman–Crippen MR) is 153 cm³/mol. The van der Waals surface area contributed by atoms with Crippen LogP contribution in [0.1, 0.15) is 52.7 Å². The van der Waals surface area contributed by atoms with E-state index in [9.17, 15) is 5.11 Å². The molecular weight excluding hydrogens is 424 g/mol. The summed E-state index contributed by atoms with van der Waals surface area (Å²) in [5.41, 5.74) is 2.39. The molecule has 6 aromatic carbocycles. The number of benzene rings is 6. The predicted octanol–water partition coefficient (Wildman–Crippen LogP) is 9.75. The largest absolute Gasteiger partial charge is 0.507 e. The van der Waals surface area contributed by atoms with Gasteiger partial charge >= 0.3 is 0 Å². The zero-order valence-electron chi connectivity index (χ0n) is 21.5. The molecule has 6 aromatic rings. The highest BCUT2D eigenvalue weighted by Crippen LogP contribution is 2.42. The third-order valence-electron chi connectivity index (χ3n) is 7.50. The number of fused-ring (bicyclic) bond motifs is 6. The van der Waals surface area contributed by atoms with Crippen LogP contribution in [0.4, 0.5) is 0 Å². The van der Waals surface area contributed by atoms with Gasteiger partial charge in [-0.3, -0.25) is 0 Å². The Kier molecular flexibility index (Phi) is 4.52. The van der Waals surface area contributed by atoms with Gasteiger partial charge < -0.3 is 5.11 Å². The number of rotatable bonds is 0. The molecule has 0 radical (unpaired) electrons. The van der Waals surface area contributed by atoms with Gasteiger partial charge in [0.1, 0.15) is 5.75 Å². The number of aromatic hydroxyl groups is 1. The first-order valence-electron chi connectivity index (χ1n) is 12.5. The standard InChI is InChI=1S/C34H32O/c1-33(2,3)26-14-25-16-29-27-15-23-12-21-10-8-7-9-20(21)11-22(23)13-24(27)17-31(34(4,5)6)30(29)19-28(25)32(35)18-26/h7-19,35H,1-6H3. The molecule has 0 saturated carbocycles. The minimum Gasteiger partial charge on any atom is -0.507 e. The maximum atomic E-state index is 11.0. The van der Waals surface area contributed by atoms with E-state index < -0.39 is 0 Å². The summed E-state index contributed by atoms with van der Waals surface area (Å²) in [4.78, 5) is 0. The molecule has 0 unspecified atom stereocenters. The number of hydrogen-bond donors (Lipinski definition) is 1. The van der Waals surface area contributed by atoms with Crippen LogP contribution in [0.5, 0.6) is 5.75 Å². The fraction of sp³-hybridized carbons (Fsp3) is 0.235. The number of hydrogen-bond acceptors (Lipinski definition) is 1. The van der Waals surface area contributed by atoms with Crippen LogP contribution in [0.2, 0.25) is 0 Å². The summed E-state index contributed by atoms with van der Waals surface area (Å²) in [7, 11) is 0. The van der Waals surface area contributed by atoms with Crippen molar-refractivity contribution < 1.29 is 5.11 Å². The fourth-order valence-corrected chi connectivity index (χ4v) is 5.49. The molecule has 0 spiro atoms. The van der Waals surface area contributed by atoms with E-state index in [2.05, 4.69) is 114 Å². The van der Waals surface area contributed by atoms with Crippen molar-refractivity contribution in [1.29, 1.82) is 0 Å². The molecule has 0 amide bonds. The van der Waals surface area contributed by atoms with E-state index in [0.717, 1.165) is 16.3 Å².